The molecule has 1 rings (SSSR count). The summed E-state index contributed by atoms with van der Waals surface area (Å²) in [4.78, 5) is 4.15. The van der Waals surface area contributed by atoms with Crippen molar-refractivity contribution in [2.24, 2.45) is 5.73 Å². The molecule has 0 aromatic heterocycles. The maximum Gasteiger partial charge on any atom is 0.416 e. The van der Waals surface area contributed by atoms with Crippen LogP contribution in [-0.2, 0) is 12.7 Å². The fourth-order valence-corrected chi connectivity index (χ4v) is 2.18. The molecule has 1 aromatic carbocycles. The van der Waals surface area contributed by atoms with Gasteiger partial charge >= 0.3 is 6.18 Å². The predicted octanol–water partition coefficient (Wildman–Crippen LogP) is 2.94. The van der Waals surface area contributed by atoms with Crippen LogP contribution < -0.4 is 10.6 Å². The number of alkyl halides is 3. The van der Waals surface area contributed by atoms with Gasteiger partial charge in [-0.05, 0) is 44.3 Å². The summed E-state index contributed by atoms with van der Waals surface area (Å²) in [7, 11) is 3.95. The second-order valence-electron chi connectivity index (χ2n) is 5.33. The Bertz CT molecular complexity index is 444. The Morgan fingerprint density at radius 1 is 1.10 bits per heavy atom. The van der Waals surface area contributed by atoms with Gasteiger partial charge in [-0.2, -0.15) is 13.2 Å². The summed E-state index contributed by atoms with van der Waals surface area (Å²) in [6, 6.07) is 4.23. The Balaban J connectivity index is 3.04. The van der Waals surface area contributed by atoms with Gasteiger partial charge in [0.25, 0.3) is 0 Å². The first-order chi connectivity index (χ1) is 9.79. The van der Waals surface area contributed by atoms with Gasteiger partial charge in [0.1, 0.15) is 0 Å². The second kappa shape index (κ2) is 7.66. The van der Waals surface area contributed by atoms with Crippen molar-refractivity contribution in [3.05, 3.63) is 29.3 Å². The molecule has 3 nitrogen and oxygen atoms in total. The molecule has 0 heterocycles. The third-order valence-electron chi connectivity index (χ3n) is 3.29. The van der Waals surface area contributed by atoms with E-state index >= 15 is 0 Å². The topological polar surface area (TPSA) is 32.5 Å². The standard InChI is InChI=1S/C15H24F3N3/c1-4-7-21(9-8-20(2)3)13-5-6-14(15(16,17)18)12(10-13)11-19/h5-6,10H,4,7-9,11,19H2,1-3H3. The van der Waals surface area contributed by atoms with E-state index in [2.05, 4.69) is 16.7 Å². The van der Waals surface area contributed by atoms with Crippen LogP contribution in [0.4, 0.5) is 18.9 Å². The summed E-state index contributed by atoms with van der Waals surface area (Å²) in [5.41, 5.74) is 5.79. The Kier molecular flexibility index (Phi) is 6.48. The van der Waals surface area contributed by atoms with Gasteiger partial charge in [0.05, 0.1) is 5.56 Å². The van der Waals surface area contributed by atoms with Crippen LogP contribution in [0, 0.1) is 0 Å². The maximum atomic E-state index is 12.9. The van der Waals surface area contributed by atoms with E-state index in [9.17, 15) is 13.2 Å². The van der Waals surface area contributed by atoms with Gasteiger partial charge in [0.15, 0.2) is 0 Å². The van der Waals surface area contributed by atoms with Crippen LogP contribution >= 0.6 is 0 Å². The zero-order valence-corrected chi connectivity index (χ0v) is 12.9. The van der Waals surface area contributed by atoms with Crippen LogP contribution in [0.25, 0.3) is 0 Å². The van der Waals surface area contributed by atoms with Gasteiger partial charge in [-0.15, -0.1) is 0 Å². The molecule has 0 aliphatic carbocycles. The zero-order valence-electron chi connectivity index (χ0n) is 12.9. The second-order valence-corrected chi connectivity index (χ2v) is 5.33. The minimum atomic E-state index is -4.35. The molecule has 0 fully saturated rings. The average molecular weight is 303 g/mol. The molecule has 2 N–H and O–H groups in total. The van der Waals surface area contributed by atoms with Crippen molar-refractivity contribution in [2.75, 3.05) is 38.6 Å². The molecule has 0 atom stereocenters. The van der Waals surface area contributed by atoms with Crippen LogP contribution in [-0.4, -0.2) is 38.6 Å². The highest BCUT2D eigenvalue weighted by atomic mass is 19.4. The molecular formula is C15H24F3N3. The SMILES string of the molecule is CCCN(CCN(C)C)c1ccc(C(F)(F)F)c(CN)c1. The number of rotatable bonds is 7. The van der Waals surface area contributed by atoms with E-state index in [0.717, 1.165) is 37.8 Å². The van der Waals surface area contributed by atoms with E-state index in [0.29, 0.717) is 0 Å². The normalized spacial score (nSPS) is 12.0. The van der Waals surface area contributed by atoms with Crippen molar-refractivity contribution < 1.29 is 13.2 Å². The molecule has 0 unspecified atom stereocenters. The van der Waals surface area contributed by atoms with Gasteiger partial charge in [-0.1, -0.05) is 6.92 Å². The lowest BCUT2D eigenvalue weighted by atomic mass is 10.1. The van der Waals surface area contributed by atoms with E-state index in [-0.39, 0.29) is 12.1 Å². The molecule has 0 spiro atoms. The van der Waals surface area contributed by atoms with Gasteiger partial charge in [-0.25, -0.2) is 0 Å². The number of nitrogens with two attached hydrogens (primary N) is 1. The maximum absolute atomic E-state index is 12.9. The number of hydrogen-bond donors (Lipinski definition) is 1. The van der Waals surface area contributed by atoms with E-state index in [1.54, 1.807) is 6.07 Å². The van der Waals surface area contributed by atoms with Gasteiger partial charge < -0.3 is 15.5 Å². The fraction of sp³-hybridized carbons (Fsp3) is 0.600. The largest absolute Gasteiger partial charge is 0.416 e. The number of nitrogens with zero attached hydrogens (tertiary/aromatic N) is 2. The highest BCUT2D eigenvalue weighted by Gasteiger charge is 2.33. The number of hydrogen-bond acceptors (Lipinski definition) is 3. The number of anilines is 1. The molecule has 0 bridgehead atoms. The molecule has 21 heavy (non-hydrogen) atoms. The smallest absolute Gasteiger partial charge is 0.370 e. The molecule has 6 heteroatoms. The molecule has 0 saturated carbocycles. The summed E-state index contributed by atoms with van der Waals surface area (Å²) in [6.45, 7) is 4.37. The van der Waals surface area contributed by atoms with Crippen molar-refractivity contribution in [1.82, 2.24) is 4.90 Å². The zero-order chi connectivity index (χ0) is 16.0. The van der Waals surface area contributed by atoms with Crippen molar-refractivity contribution in [3.63, 3.8) is 0 Å². The monoisotopic (exact) mass is 303 g/mol. The minimum Gasteiger partial charge on any atom is -0.370 e. The minimum absolute atomic E-state index is 0.115. The predicted molar refractivity (Wildman–Crippen MR) is 80.4 cm³/mol. The Labute approximate surface area is 124 Å². The molecule has 0 amide bonds. The first kappa shape index (κ1) is 17.8. The lowest BCUT2D eigenvalue weighted by molar-refractivity contribution is -0.138. The lowest BCUT2D eigenvalue weighted by Gasteiger charge is -2.27. The number of halogens is 3. The summed E-state index contributed by atoms with van der Waals surface area (Å²) in [5.74, 6) is 0. The van der Waals surface area contributed by atoms with E-state index in [1.807, 2.05) is 14.1 Å². The summed E-state index contributed by atoms with van der Waals surface area (Å²) in [6.07, 6.45) is -3.42. The molecular weight excluding hydrogens is 279 g/mol. The van der Waals surface area contributed by atoms with Crippen LogP contribution in [0.5, 0.6) is 0 Å². The summed E-state index contributed by atoms with van der Waals surface area (Å²) in [5, 5.41) is 0. The van der Waals surface area contributed by atoms with Gasteiger partial charge in [0, 0.05) is 31.9 Å². The third kappa shape index (κ3) is 5.21. The molecule has 0 saturated heterocycles. The Morgan fingerprint density at radius 2 is 1.76 bits per heavy atom. The molecule has 0 aliphatic rings. The van der Waals surface area contributed by atoms with Crippen molar-refractivity contribution in [3.8, 4) is 0 Å². The van der Waals surface area contributed by atoms with Crippen LogP contribution in [0.2, 0.25) is 0 Å². The summed E-state index contributed by atoms with van der Waals surface area (Å²) < 4.78 is 38.7. The summed E-state index contributed by atoms with van der Waals surface area (Å²) >= 11 is 0. The molecule has 1 aromatic rings. The van der Waals surface area contributed by atoms with Crippen LogP contribution in [0.3, 0.4) is 0 Å². The Morgan fingerprint density at radius 3 is 2.24 bits per heavy atom. The Hall–Kier alpha value is -1.27. The van der Waals surface area contributed by atoms with Crippen LogP contribution in [0.15, 0.2) is 18.2 Å². The lowest BCUT2D eigenvalue weighted by Crippen LogP contribution is -2.32. The first-order valence-electron chi connectivity index (χ1n) is 7.09. The van der Waals surface area contributed by atoms with Gasteiger partial charge in [0.2, 0.25) is 0 Å². The van der Waals surface area contributed by atoms with E-state index < -0.39 is 11.7 Å². The average Bonchev–Trinajstić information content (AvgIpc) is 2.41. The van der Waals surface area contributed by atoms with Crippen molar-refractivity contribution in [1.29, 1.82) is 0 Å². The number of likely N-dealkylation sites (N-methyl/N-ethyl adjacent to an activating group) is 1. The van der Waals surface area contributed by atoms with Crippen LogP contribution in [0.1, 0.15) is 24.5 Å². The van der Waals surface area contributed by atoms with Gasteiger partial charge in [-0.3, -0.25) is 0 Å². The molecule has 0 aliphatic heterocycles. The van der Waals surface area contributed by atoms with Crippen molar-refractivity contribution in [2.45, 2.75) is 26.1 Å². The first-order valence-corrected chi connectivity index (χ1v) is 7.09. The number of benzene rings is 1. The quantitative estimate of drug-likeness (QED) is 0.840. The van der Waals surface area contributed by atoms with E-state index in [4.69, 9.17) is 5.73 Å². The third-order valence-corrected chi connectivity index (χ3v) is 3.29. The van der Waals surface area contributed by atoms with Crippen molar-refractivity contribution >= 4 is 5.69 Å². The molecule has 0 radical (unpaired) electrons. The molecule has 120 valence electrons. The highest BCUT2D eigenvalue weighted by Crippen LogP contribution is 2.33. The van der Waals surface area contributed by atoms with E-state index in [1.165, 1.54) is 6.07 Å². The highest BCUT2D eigenvalue weighted by molar-refractivity contribution is 5.51. The fourth-order valence-electron chi connectivity index (χ4n) is 2.18.